The summed E-state index contributed by atoms with van der Waals surface area (Å²) in [7, 11) is 0. The number of carbonyl (C=O) groups is 6. The first-order valence-electron chi connectivity index (χ1n) is 19.0. The van der Waals surface area contributed by atoms with Gasteiger partial charge in [-0.05, 0) is 69.7 Å². The molecule has 0 aliphatic rings. The summed E-state index contributed by atoms with van der Waals surface area (Å²) in [5, 5.41) is 32.6. The number of benzene rings is 2. The molecule has 2 aromatic rings. The van der Waals surface area contributed by atoms with Crippen molar-refractivity contribution < 1.29 is 43.7 Å². The highest BCUT2D eigenvalue weighted by molar-refractivity contribution is 8.00. The Morgan fingerprint density at radius 1 is 0.719 bits per heavy atom. The van der Waals surface area contributed by atoms with Gasteiger partial charge in [-0.2, -0.15) is 11.8 Å². The smallest absolute Gasteiger partial charge is 0.328 e. The van der Waals surface area contributed by atoms with Gasteiger partial charge in [-0.15, -0.1) is 0 Å². The van der Waals surface area contributed by atoms with E-state index in [-0.39, 0.29) is 41.4 Å². The zero-order valence-electron chi connectivity index (χ0n) is 34.5. The van der Waals surface area contributed by atoms with Gasteiger partial charge in [-0.25, -0.2) is 4.79 Å². The van der Waals surface area contributed by atoms with Gasteiger partial charge in [0.1, 0.15) is 23.9 Å². The fourth-order valence-corrected chi connectivity index (χ4v) is 6.50. The monoisotopic (exact) mass is 814 g/mol. The number of nitrogens with one attached hydrogen (secondary N) is 5. The minimum Gasteiger partial charge on any atom is -0.508 e. The molecule has 0 saturated heterocycles. The van der Waals surface area contributed by atoms with Crippen molar-refractivity contribution in [2.24, 2.45) is 11.7 Å². The fourth-order valence-electron chi connectivity index (χ4n) is 5.60. The summed E-state index contributed by atoms with van der Waals surface area (Å²) in [5.41, 5.74) is 6.90. The summed E-state index contributed by atoms with van der Waals surface area (Å²) in [5.74, 6) is -4.48. The minimum atomic E-state index is -1.41. The van der Waals surface area contributed by atoms with Crippen LogP contribution in [0.2, 0.25) is 0 Å². The minimum absolute atomic E-state index is 0.0381. The molecule has 9 N–H and O–H groups in total. The number of carboxylic acids is 1. The van der Waals surface area contributed by atoms with E-state index in [4.69, 9.17) is 10.5 Å². The van der Waals surface area contributed by atoms with Crippen LogP contribution in [0.1, 0.15) is 79.9 Å². The summed E-state index contributed by atoms with van der Waals surface area (Å²) in [6.45, 7) is 15.9. The number of ether oxygens (including phenoxy) is 1. The van der Waals surface area contributed by atoms with Gasteiger partial charge in [0.15, 0.2) is 6.04 Å². The largest absolute Gasteiger partial charge is 0.508 e. The van der Waals surface area contributed by atoms with E-state index >= 15 is 0 Å². The van der Waals surface area contributed by atoms with Gasteiger partial charge in [-0.3, -0.25) is 24.0 Å². The lowest BCUT2D eigenvalue weighted by atomic mass is 10.0. The van der Waals surface area contributed by atoms with Crippen LogP contribution >= 0.6 is 11.8 Å². The predicted molar refractivity (Wildman–Crippen MR) is 220 cm³/mol. The number of amides is 5. The van der Waals surface area contributed by atoms with E-state index in [1.807, 2.05) is 34.6 Å². The summed E-state index contributed by atoms with van der Waals surface area (Å²) in [4.78, 5) is 79.5. The van der Waals surface area contributed by atoms with E-state index in [9.17, 15) is 39.0 Å². The van der Waals surface area contributed by atoms with Crippen molar-refractivity contribution in [2.45, 2.75) is 128 Å². The van der Waals surface area contributed by atoms with Gasteiger partial charge >= 0.3 is 5.97 Å². The third kappa shape index (κ3) is 18.9. The molecule has 5 amide bonds. The molecule has 0 bridgehead atoms. The van der Waals surface area contributed by atoms with Gasteiger partial charge < -0.3 is 47.3 Å². The topological polar surface area (TPSA) is 238 Å². The molecule has 0 heterocycles. The normalized spacial score (nSPS) is 14.9. The molecule has 15 nitrogen and oxygen atoms in total. The van der Waals surface area contributed by atoms with E-state index in [0.29, 0.717) is 11.1 Å². The van der Waals surface area contributed by atoms with E-state index < -0.39 is 84.0 Å². The molecule has 57 heavy (non-hydrogen) atoms. The van der Waals surface area contributed by atoms with Crippen LogP contribution in [0, 0.1) is 5.92 Å². The fraction of sp³-hybridized carbons (Fsp3) is 0.561. The summed E-state index contributed by atoms with van der Waals surface area (Å²) < 4.78 is 5.53. The summed E-state index contributed by atoms with van der Waals surface area (Å²) >= 11 is 1.43. The average molecular weight is 815 g/mol. The molecule has 0 spiro atoms. The maximum Gasteiger partial charge on any atom is 0.328 e. The molecule has 0 aliphatic heterocycles. The number of aliphatic carboxylic acids is 1. The molecule has 2 aromatic carbocycles. The van der Waals surface area contributed by atoms with Gasteiger partial charge in [-0.1, -0.05) is 77.1 Å². The van der Waals surface area contributed by atoms with Crippen LogP contribution in [0.3, 0.4) is 0 Å². The number of hydrogen-bond acceptors (Lipinski definition) is 10. The Morgan fingerprint density at radius 3 is 1.82 bits per heavy atom. The van der Waals surface area contributed by atoms with Crippen molar-refractivity contribution >= 4 is 47.3 Å². The molecule has 316 valence electrons. The number of carboxylic acid groups (broad SMARTS) is 1. The number of hydrogen-bond donors (Lipinski definition) is 8. The molecule has 0 unspecified atom stereocenters. The van der Waals surface area contributed by atoms with Crippen molar-refractivity contribution in [1.82, 2.24) is 26.6 Å². The summed E-state index contributed by atoms with van der Waals surface area (Å²) in [6, 6.07) is 9.34. The molecular formula is C41H62N6O9S. The van der Waals surface area contributed by atoms with E-state index in [0.717, 1.165) is 0 Å². The number of phenolic OH excluding ortho intramolecular Hbond substituents is 1. The van der Waals surface area contributed by atoms with Gasteiger partial charge in [0.25, 0.3) is 0 Å². The number of rotatable bonds is 21. The van der Waals surface area contributed by atoms with Crippen LogP contribution in [0.5, 0.6) is 5.75 Å². The van der Waals surface area contributed by atoms with Crippen molar-refractivity contribution in [3.8, 4) is 5.75 Å². The SMILES string of the molecule is CC(C)C[C@H](NC(=O)[C@H](Cc1ccccc1)NC(=O)CNC(=O)[C@@H](CSC(C)(C)C)NC(=O)[C@@H](N)Cc1ccc(O)cc1)C(=O)N[C@H](C(=O)O)[C@@H](C)OC(C)(C)C. The molecule has 0 saturated carbocycles. The van der Waals surface area contributed by atoms with Crippen LogP contribution in [-0.2, 0) is 46.3 Å². The van der Waals surface area contributed by atoms with E-state index in [1.165, 1.54) is 23.9 Å². The van der Waals surface area contributed by atoms with Crippen LogP contribution < -0.4 is 32.3 Å². The van der Waals surface area contributed by atoms with Gasteiger partial charge in [0.2, 0.25) is 29.5 Å². The molecule has 0 fully saturated rings. The highest BCUT2D eigenvalue weighted by Crippen LogP contribution is 2.24. The van der Waals surface area contributed by atoms with Crippen LogP contribution in [0.25, 0.3) is 0 Å². The predicted octanol–water partition coefficient (Wildman–Crippen LogP) is 2.43. The standard InChI is InChI=1S/C41H62N6O9S/c1-24(2)19-30(38(53)47-34(39(54)55)25(3)56-40(4,5)6)45-37(52)31(21-26-13-11-10-12-14-26)44-33(49)22-43-36(51)32(23-57-41(7,8)9)46-35(50)29(42)20-27-15-17-28(48)18-16-27/h10-18,24-25,29-32,34,48H,19-23,42H2,1-9H3,(H,43,51)(H,44,49)(H,45,52)(H,46,50)(H,47,53)(H,54,55)/t25-,29+,30+,31+,32-,34+/m1/s1. The average Bonchev–Trinajstić information content (AvgIpc) is 3.10. The molecule has 0 aliphatic carbocycles. The quantitative estimate of drug-likeness (QED) is 0.0911. The zero-order valence-corrected chi connectivity index (χ0v) is 35.3. The molecule has 0 radical (unpaired) electrons. The first kappa shape index (κ1) is 48.5. The Morgan fingerprint density at radius 2 is 1.28 bits per heavy atom. The number of carbonyl (C=O) groups excluding carboxylic acids is 5. The second kappa shape index (κ2) is 22.3. The Labute approximate surface area is 340 Å². The lowest BCUT2D eigenvalue weighted by Gasteiger charge is -2.31. The zero-order chi connectivity index (χ0) is 43.1. The van der Waals surface area contributed by atoms with Crippen molar-refractivity contribution in [1.29, 1.82) is 0 Å². The number of nitrogens with two attached hydrogens (primary N) is 1. The van der Waals surface area contributed by atoms with Crippen LogP contribution in [0.15, 0.2) is 54.6 Å². The Hall–Kier alpha value is -4.67. The number of aromatic hydroxyl groups is 1. The van der Waals surface area contributed by atoms with Crippen LogP contribution in [0.4, 0.5) is 0 Å². The number of phenols is 1. The van der Waals surface area contributed by atoms with Crippen molar-refractivity contribution in [3.63, 3.8) is 0 Å². The molecular weight excluding hydrogens is 753 g/mol. The maximum atomic E-state index is 13.9. The van der Waals surface area contributed by atoms with E-state index in [1.54, 1.807) is 70.2 Å². The maximum absolute atomic E-state index is 13.9. The molecule has 0 aromatic heterocycles. The summed E-state index contributed by atoms with van der Waals surface area (Å²) in [6.07, 6.45) is -0.538. The highest BCUT2D eigenvalue weighted by atomic mass is 32.2. The molecule has 6 atom stereocenters. The highest BCUT2D eigenvalue weighted by Gasteiger charge is 2.34. The number of thioether (sulfide) groups is 1. The first-order valence-corrected chi connectivity index (χ1v) is 20.0. The lowest BCUT2D eigenvalue weighted by molar-refractivity contribution is -0.150. The first-order chi connectivity index (χ1) is 26.4. The van der Waals surface area contributed by atoms with Crippen molar-refractivity contribution in [2.75, 3.05) is 12.3 Å². The molecule has 2 rings (SSSR count). The Kier molecular flexibility index (Phi) is 19.0. The second-order valence-electron chi connectivity index (χ2n) is 16.4. The van der Waals surface area contributed by atoms with Gasteiger partial charge in [0.05, 0.1) is 24.3 Å². The molecule has 16 heteroatoms. The Bertz CT molecular complexity index is 1640. The Balaban J connectivity index is 2.22. The van der Waals surface area contributed by atoms with E-state index in [2.05, 4.69) is 26.6 Å². The lowest BCUT2D eigenvalue weighted by Crippen LogP contribution is -2.59. The van der Waals surface area contributed by atoms with Crippen LogP contribution in [-0.4, -0.2) is 105 Å². The van der Waals surface area contributed by atoms with Crippen molar-refractivity contribution in [3.05, 3.63) is 65.7 Å². The second-order valence-corrected chi connectivity index (χ2v) is 18.3. The third-order valence-corrected chi connectivity index (χ3v) is 9.68. The third-order valence-electron chi connectivity index (χ3n) is 8.32. The van der Waals surface area contributed by atoms with Gasteiger partial charge in [0, 0.05) is 16.9 Å².